The van der Waals surface area contributed by atoms with Crippen LogP contribution in [0, 0.1) is 0 Å². The van der Waals surface area contributed by atoms with Gasteiger partial charge in [0.15, 0.2) is 0 Å². The maximum Gasteiger partial charge on any atom is 0.251 e. The topological polar surface area (TPSA) is 135 Å². The number of amides is 3. The van der Waals surface area contributed by atoms with Crippen molar-refractivity contribution in [3.05, 3.63) is 95.7 Å². The van der Waals surface area contributed by atoms with E-state index in [-0.39, 0.29) is 30.7 Å². The molecule has 232 valence electrons. The molecule has 9 heteroatoms. The molecule has 0 aliphatic rings. The second-order valence-electron chi connectivity index (χ2n) is 11.8. The molecule has 3 amide bonds. The number of carbonyl (C=O) groups excluding carboxylic acids is 3. The number of benzene rings is 3. The first-order valence-electron chi connectivity index (χ1n) is 15.1. The molecular weight excluding hydrogens is 554 g/mol. The highest BCUT2D eigenvalue weighted by Gasteiger charge is 2.27. The lowest BCUT2D eigenvalue weighted by molar-refractivity contribution is -0.129. The average Bonchev–Trinajstić information content (AvgIpc) is 3.41. The van der Waals surface area contributed by atoms with Crippen molar-refractivity contribution >= 4 is 28.6 Å². The number of H-pyrrole nitrogens is 1. The minimum atomic E-state index is -0.794. The Morgan fingerprint density at radius 3 is 2.36 bits per heavy atom. The molecule has 9 nitrogen and oxygen atoms in total. The first-order valence-corrected chi connectivity index (χ1v) is 15.1. The van der Waals surface area contributed by atoms with E-state index in [0.29, 0.717) is 25.1 Å². The molecule has 0 fully saturated rings. The summed E-state index contributed by atoms with van der Waals surface area (Å²) in [5.41, 5.74) is 4.56. The van der Waals surface area contributed by atoms with Crippen molar-refractivity contribution < 1.29 is 19.5 Å². The van der Waals surface area contributed by atoms with E-state index < -0.39 is 17.7 Å². The Balaban J connectivity index is 1.46. The minimum Gasteiger partial charge on any atom is -0.392 e. The van der Waals surface area contributed by atoms with Gasteiger partial charge in [0.1, 0.15) is 6.04 Å². The van der Waals surface area contributed by atoms with Crippen molar-refractivity contribution in [2.75, 3.05) is 13.1 Å². The Kier molecular flexibility index (Phi) is 10.9. The Labute approximate surface area is 258 Å². The van der Waals surface area contributed by atoms with Crippen molar-refractivity contribution in [1.29, 1.82) is 0 Å². The summed E-state index contributed by atoms with van der Waals surface area (Å²) in [5, 5.41) is 22.7. The van der Waals surface area contributed by atoms with Gasteiger partial charge in [-0.05, 0) is 62.1 Å². The fourth-order valence-corrected chi connectivity index (χ4v) is 5.17. The molecule has 0 bridgehead atoms. The van der Waals surface area contributed by atoms with Crippen LogP contribution in [-0.2, 0) is 22.6 Å². The van der Waals surface area contributed by atoms with Crippen LogP contribution in [0.25, 0.3) is 22.0 Å². The lowest BCUT2D eigenvalue weighted by atomic mass is 9.98. The van der Waals surface area contributed by atoms with Gasteiger partial charge in [-0.25, -0.2) is 0 Å². The SMILES string of the molecule is CCNC(=O)c1ccccc1-c1ccc(CNC(=O)[C@@H](Cc2c[nH]c3ccccc23)NC(=O)CC(C)(C)NC[C@@H](C)O)cc1. The van der Waals surface area contributed by atoms with Crippen LogP contribution < -0.4 is 21.3 Å². The molecule has 3 aromatic carbocycles. The van der Waals surface area contributed by atoms with Gasteiger partial charge < -0.3 is 31.4 Å². The van der Waals surface area contributed by atoms with Crippen LogP contribution >= 0.6 is 0 Å². The maximum atomic E-state index is 13.5. The smallest absolute Gasteiger partial charge is 0.251 e. The van der Waals surface area contributed by atoms with Gasteiger partial charge in [-0.15, -0.1) is 0 Å². The Morgan fingerprint density at radius 1 is 0.932 bits per heavy atom. The summed E-state index contributed by atoms with van der Waals surface area (Å²) >= 11 is 0. The highest BCUT2D eigenvalue weighted by atomic mass is 16.3. The van der Waals surface area contributed by atoms with Gasteiger partial charge in [-0.3, -0.25) is 14.4 Å². The predicted octanol–water partition coefficient (Wildman–Crippen LogP) is 4.07. The molecule has 0 aliphatic heterocycles. The molecule has 4 aromatic rings. The van der Waals surface area contributed by atoms with Crippen LogP contribution in [-0.4, -0.2) is 58.6 Å². The normalized spacial score (nSPS) is 12.8. The summed E-state index contributed by atoms with van der Waals surface area (Å²) in [6.45, 7) is 8.53. The second-order valence-corrected chi connectivity index (χ2v) is 11.8. The number of hydrogen-bond acceptors (Lipinski definition) is 5. The van der Waals surface area contributed by atoms with Gasteiger partial charge >= 0.3 is 0 Å². The molecule has 0 unspecified atom stereocenters. The van der Waals surface area contributed by atoms with E-state index in [1.807, 2.05) is 93.7 Å². The number of para-hydroxylation sites is 1. The Hall–Kier alpha value is -4.47. The van der Waals surface area contributed by atoms with Gasteiger partial charge in [0.05, 0.1) is 6.10 Å². The molecule has 2 atom stereocenters. The van der Waals surface area contributed by atoms with Gasteiger partial charge in [-0.1, -0.05) is 60.7 Å². The number of β-amino-alcohol motifs (C(OH)–C–C–N with tert-alkyl or cyclic N) is 1. The summed E-state index contributed by atoms with van der Waals surface area (Å²) in [6, 6.07) is 22.3. The molecule has 0 spiro atoms. The summed E-state index contributed by atoms with van der Waals surface area (Å²) < 4.78 is 0. The molecule has 1 aromatic heterocycles. The number of aliphatic hydroxyl groups is 1. The van der Waals surface area contributed by atoms with Crippen molar-refractivity contribution in [2.24, 2.45) is 0 Å². The maximum absolute atomic E-state index is 13.5. The zero-order valence-corrected chi connectivity index (χ0v) is 25.9. The van der Waals surface area contributed by atoms with Crippen LogP contribution in [0.5, 0.6) is 0 Å². The number of carbonyl (C=O) groups is 3. The van der Waals surface area contributed by atoms with Crippen LogP contribution in [0.2, 0.25) is 0 Å². The third-order valence-electron chi connectivity index (χ3n) is 7.47. The third kappa shape index (κ3) is 8.78. The average molecular weight is 598 g/mol. The van der Waals surface area contributed by atoms with Crippen molar-refractivity contribution in [3.63, 3.8) is 0 Å². The number of nitrogens with one attached hydrogen (secondary N) is 5. The summed E-state index contributed by atoms with van der Waals surface area (Å²) in [6.07, 6.45) is 1.79. The van der Waals surface area contributed by atoms with E-state index in [1.54, 1.807) is 13.0 Å². The number of aliphatic hydroxyl groups excluding tert-OH is 1. The number of hydrogen-bond donors (Lipinski definition) is 6. The van der Waals surface area contributed by atoms with Gasteiger partial charge in [0.25, 0.3) is 5.91 Å². The minimum absolute atomic E-state index is 0.121. The Morgan fingerprint density at radius 2 is 1.64 bits per heavy atom. The van der Waals surface area contributed by atoms with Gasteiger partial charge in [-0.2, -0.15) is 0 Å². The molecule has 6 N–H and O–H groups in total. The lowest BCUT2D eigenvalue weighted by Gasteiger charge is -2.28. The first-order chi connectivity index (χ1) is 21.1. The van der Waals surface area contributed by atoms with Crippen molar-refractivity contribution in [3.8, 4) is 11.1 Å². The number of aromatic amines is 1. The van der Waals surface area contributed by atoms with Crippen LogP contribution in [0.3, 0.4) is 0 Å². The van der Waals surface area contributed by atoms with Gasteiger partial charge in [0, 0.05) is 60.7 Å². The molecule has 0 radical (unpaired) electrons. The van der Waals surface area contributed by atoms with E-state index in [0.717, 1.165) is 33.2 Å². The van der Waals surface area contributed by atoms with E-state index >= 15 is 0 Å². The van der Waals surface area contributed by atoms with E-state index in [9.17, 15) is 19.5 Å². The molecule has 4 rings (SSSR count). The lowest BCUT2D eigenvalue weighted by Crippen LogP contribution is -2.51. The highest BCUT2D eigenvalue weighted by molar-refractivity contribution is 6.00. The summed E-state index contributed by atoms with van der Waals surface area (Å²) in [7, 11) is 0. The molecule has 0 saturated heterocycles. The standard InChI is InChI=1S/C35H43N5O4/c1-5-36-33(43)29-12-7-6-10-27(29)25-16-14-24(15-17-25)21-38-34(44)31(18-26-22-37-30-13-9-8-11-28(26)30)40-32(42)19-35(3,4)39-20-23(2)41/h6-17,22-23,31,37,39,41H,5,18-21H2,1-4H3,(H,36,43)(H,38,44)(H,40,42)/t23-,31-/m1/s1. The van der Waals surface area contributed by atoms with E-state index in [2.05, 4.69) is 26.3 Å². The zero-order valence-electron chi connectivity index (χ0n) is 25.9. The molecule has 1 heterocycles. The predicted molar refractivity (Wildman–Crippen MR) is 174 cm³/mol. The first kappa shape index (κ1) is 32.4. The summed E-state index contributed by atoms with van der Waals surface area (Å²) in [5.74, 6) is -0.669. The highest BCUT2D eigenvalue weighted by Crippen LogP contribution is 2.24. The molecule has 0 saturated carbocycles. The fourth-order valence-electron chi connectivity index (χ4n) is 5.17. The van der Waals surface area contributed by atoms with Crippen LogP contribution in [0.4, 0.5) is 0 Å². The van der Waals surface area contributed by atoms with Gasteiger partial charge in [0.2, 0.25) is 11.8 Å². The third-order valence-corrected chi connectivity index (χ3v) is 7.47. The number of rotatable bonds is 14. The zero-order chi connectivity index (χ0) is 31.7. The molecule has 44 heavy (non-hydrogen) atoms. The Bertz CT molecular complexity index is 1580. The largest absolute Gasteiger partial charge is 0.392 e. The van der Waals surface area contributed by atoms with Crippen LogP contribution in [0.1, 0.15) is 55.6 Å². The second kappa shape index (κ2) is 14.8. The van der Waals surface area contributed by atoms with E-state index in [1.165, 1.54) is 0 Å². The molecule has 0 aliphatic carbocycles. The number of fused-ring (bicyclic) bond motifs is 1. The van der Waals surface area contributed by atoms with Crippen LogP contribution in [0.15, 0.2) is 79.0 Å². The fraction of sp³-hybridized carbons (Fsp3) is 0.343. The van der Waals surface area contributed by atoms with Crippen molar-refractivity contribution in [2.45, 2.75) is 64.8 Å². The van der Waals surface area contributed by atoms with Crippen molar-refractivity contribution in [1.82, 2.24) is 26.3 Å². The summed E-state index contributed by atoms with van der Waals surface area (Å²) in [4.78, 5) is 42.5. The quantitative estimate of drug-likeness (QED) is 0.130. The van der Waals surface area contributed by atoms with E-state index in [4.69, 9.17) is 0 Å². The molecular formula is C35H43N5O4. The monoisotopic (exact) mass is 597 g/mol. The number of aromatic nitrogens is 1.